The zero-order valence-corrected chi connectivity index (χ0v) is 15.5. The summed E-state index contributed by atoms with van der Waals surface area (Å²) in [6, 6.07) is 21.3. The fraction of sp³-hybridized carbons (Fsp3) is 0.0909. The molecule has 1 amide bonds. The maximum Gasteiger partial charge on any atom is 0.269 e. The smallest absolute Gasteiger partial charge is 0.269 e. The monoisotopic (exact) mass is 386 g/mol. The first-order chi connectivity index (χ1) is 14.1. The molecule has 0 saturated heterocycles. The second-order valence-electron chi connectivity index (χ2n) is 6.24. The summed E-state index contributed by atoms with van der Waals surface area (Å²) in [6.07, 6.45) is 3.93. The van der Waals surface area contributed by atoms with Crippen molar-refractivity contribution in [1.29, 1.82) is 5.26 Å². The number of carbonyl (C=O) groups excluding carboxylic acids is 1. The van der Waals surface area contributed by atoms with Crippen molar-refractivity contribution in [3.8, 4) is 11.8 Å². The van der Waals surface area contributed by atoms with Gasteiger partial charge >= 0.3 is 0 Å². The van der Waals surface area contributed by atoms with Crippen LogP contribution in [0.3, 0.4) is 0 Å². The minimum absolute atomic E-state index is 0.00601. The average Bonchev–Trinajstić information content (AvgIpc) is 3.21. The predicted molar refractivity (Wildman–Crippen MR) is 109 cm³/mol. The molecular weight excluding hydrogens is 368 g/mol. The number of aromatic nitrogens is 1. The Morgan fingerprint density at radius 2 is 1.83 bits per heavy atom. The van der Waals surface area contributed by atoms with Crippen LogP contribution in [0.15, 0.2) is 78.5 Å². The fourth-order valence-electron chi connectivity index (χ4n) is 2.84. The molecule has 0 aliphatic heterocycles. The Bertz CT molecular complexity index is 1080. The molecule has 1 heterocycles. The topological polar surface area (TPSA) is 101 Å². The number of amides is 1. The van der Waals surface area contributed by atoms with Crippen molar-refractivity contribution in [2.75, 3.05) is 6.54 Å². The van der Waals surface area contributed by atoms with Crippen LogP contribution in [0.2, 0.25) is 0 Å². The van der Waals surface area contributed by atoms with Crippen LogP contribution in [-0.2, 0) is 11.2 Å². The van der Waals surface area contributed by atoms with Crippen LogP contribution < -0.4 is 5.32 Å². The van der Waals surface area contributed by atoms with Crippen LogP contribution in [0.1, 0.15) is 11.3 Å². The van der Waals surface area contributed by atoms with Crippen LogP contribution in [-0.4, -0.2) is 21.9 Å². The molecule has 0 spiro atoms. The van der Waals surface area contributed by atoms with E-state index in [0.29, 0.717) is 24.3 Å². The number of nitro benzene ring substituents is 1. The Hall–Kier alpha value is -4.18. The Balaban J connectivity index is 1.72. The molecule has 1 aromatic heterocycles. The molecule has 29 heavy (non-hydrogen) atoms. The number of hydrogen-bond acceptors (Lipinski definition) is 4. The summed E-state index contributed by atoms with van der Waals surface area (Å²) in [5, 5.41) is 23.0. The Morgan fingerprint density at radius 1 is 1.10 bits per heavy atom. The van der Waals surface area contributed by atoms with Gasteiger partial charge in [0.1, 0.15) is 11.6 Å². The molecule has 0 atom stereocenters. The molecule has 3 aromatic rings. The molecular formula is C22H18N4O3. The number of non-ortho nitro benzene ring substituents is 1. The number of hydrogen-bond donors (Lipinski definition) is 1. The third-order valence-corrected chi connectivity index (χ3v) is 4.32. The Labute approximate surface area is 167 Å². The lowest BCUT2D eigenvalue weighted by Gasteiger charge is -2.08. The summed E-state index contributed by atoms with van der Waals surface area (Å²) < 4.78 is 1.75. The zero-order chi connectivity index (χ0) is 20.6. The van der Waals surface area contributed by atoms with Crippen molar-refractivity contribution < 1.29 is 9.72 Å². The Morgan fingerprint density at radius 3 is 2.48 bits per heavy atom. The molecule has 7 nitrogen and oxygen atoms in total. The lowest BCUT2D eigenvalue weighted by atomic mass is 10.1. The van der Waals surface area contributed by atoms with Gasteiger partial charge < -0.3 is 9.88 Å². The van der Waals surface area contributed by atoms with Gasteiger partial charge in [-0.3, -0.25) is 14.9 Å². The van der Waals surface area contributed by atoms with Crippen LogP contribution in [0.25, 0.3) is 11.8 Å². The lowest BCUT2D eigenvalue weighted by Crippen LogP contribution is -2.26. The summed E-state index contributed by atoms with van der Waals surface area (Å²) in [6.45, 7) is 0.422. The summed E-state index contributed by atoms with van der Waals surface area (Å²) in [4.78, 5) is 22.7. The highest BCUT2D eigenvalue weighted by atomic mass is 16.6. The molecule has 144 valence electrons. The van der Waals surface area contributed by atoms with Crippen molar-refractivity contribution in [2.24, 2.45) is 0 Å². The summed E-state index contributed by atoms with van der Waals surface area (Å²) in [5.74, 6) is -0.445. The molecule has 7 heteroatoms. The van der Waals surface area contributed by atoms with Crippen molar-refractivity contribution in [3.63, 3.8) is 0 Å². The van der Waals surface area contributed by atoms with Crippen molar-refractivity contribution in [2.45, 2.75) is 6.42 Å². The van der Waals surface area contributed by atoms with Gasteiger partial charge in [0.2, 0.25) is 0 Å². The van der Waals surface area contributed by atoms with E-state index in [1.807, 2.05) is 36.4 Å². The number of carbonyl (C=O) groups is 1. The number of benzene rings is 2. The predicted octanol–water partition coefficient (Wildman–Crippen LogP) is 3.65. The maximum absolute atomic E-state index is 12.4. The molecule has 3 rings (SSSR count). The quantitative estimate of drug-likeness (QED) is 0.290. The van der Waals surface area contributed by atoms with E-state index in [1.54, 1.807) is 35.0 Å². The number of nitrogens with zero attached hydrogens (tertiary/aromatic N) is 3. The molecule has 1 N–H and O–H groups in total. The van der Waals surface area contributed by atoms with E-state index in [0.717, 1.165) is 5.56 Å². The maximum atomic E-state index is 12.4. The van der Waals surface area contributed by atoms with Gasteiger partial charge in [-0.1, -0.05) is 30.3 Å². The first kappa shape index (κ1) is 19.6. The molecule has 2 aromatic carbocycles. The van der Waals surface area contributed by atoms with E-state index in [1.165, 1.54) is 18.2 Å². The first-order valence-electron chi connectivity index (χ1n) is 8.94. The van der Waals surface area contributed by atoms with Gasteiger partial charge in [0.05, 0.1) is 4.92 Å². The average molecular weight is 386 g/mol. The van der Waals surface area contributed by atoms with Gasteiger partial charge in [-0.05, 0) is 42.3 Å². The lowest BCUT2D eigenvalue weighted by molar-refractivity contribution is -0.384. The van der Waals surface area contributed by atoms with Gasteiger partial charge in [-0.25, -0.2) is 0 Å². The van der Waals surface area contributed by atoms with E-state index in [4.69, 9.17) is 0 Å². The summed E-state index contributed by atoms with van der Waals surface area (Å²) >= 11 is 0. The molecule has 0 unspecified atom stereocenters. The van der Waals surface area contributed by atoms with Crippen molar-refractivity contribution in [3.05, 3.63) is 99.9 Å². The molecule has 0 aliphatic rings. The van der Waals surface area contributed by atoms with Crippen molar-refractivity contribution in [1.82, 2.24) is 9.88 Å². The van der Waals surface area contributed by atoms with E-state index in [2.05, 4.69) is 5.32 Å². The van der Waals surface area contributed by atoms with Crippen LogP contribution in [0.4, 0.5) is 5.69 Å². The number of nitro groups is 1. The van der Waals surface area contributed by atoms with Crippen LogP contribution in [0.5, 0.6) is 0 Å². The third kappa shape index (κ3) is 4.96. The highest BCUT2D eigenvalue weighted by molar-refractivity contribution is 6.01. The van der Waals surface area contributed by atoms with Gasteiger partial charge in [-0.15, -0.1) is 0 Å². The normalized spacial score (nSPS) is 10.9. The first-order valence-corrected chi connectivity index (χ1v) is 8.94. The van der Waals surface area contributed by atoms with Crippen LogP contribution >= 0.6 is 0 Å². The third-order valence-electron chi connectivity index (χ3n) is 4.32. The number of rotatable bonds is 7. The van der Waals surface area contributed by atoms with Gasteiger partial charge in [0.25, 0.3) is 11.6 Å². The Kier molecular flexibility index (Phi) is 6.18. The van der Waals surface area contributed by atoms with Crippen molar-refractivity contribution >= 4 is 17.7 Å². The number of nitrogens with one attached hydrogen (secondary N) is 1. The van der Waals surface area contributed by atoms with E-state index in [9.17, 15) is 20.2 Å². The molecule has 0 saturated carbocycles. The molecule has 0 aliphatic carbocycles. The highest BCUT2D eigenvalue weighted by Gasteiger charge is 2.11. The fourth-order valence-corrected chi connectivity index (χ4v) is 2.84. The molecule has 0 fully saturated rings. The minimum Gasteiger partial charge on any atom is -0.351 e. The van der Waals surface area contributed by atoms with E-state index < -0.39 is 10.8 Å². The van der Waals surface area contributed by atoms with E-state index in [-0.39, 0.29) is 11.3 Å². The largest absolute Gasteiger partial charge is 0.351 e. The molecule has 0 bridgehead atoms. The minimum atomic E-state index is -0.464. The summed E-state index contributed by atoms with van der Waals surface area (Å²) in [5.41, 5.74) is 2.39. The molecule has 0 radical (unpaired) electrons. The number of nitriles is 1. The second kappa shape index (κ2) is 9.15. The standard InChI is InChI=1S/C22H18N4O3/c23-16-18(22(27)24-13-12-17-5-2-1-3-6-17)15-21-7-4-14-25(21)19-8-10-20(11-9-19)26(28)29/h1-11,14-15H,12-13H2,(H,24,27). The van der Waals surface area contributed by atoms with Gasteiger partial charge in [0, 0.05) is 36.3 Å². The highest BCUT2D eigenvalue weighted by Crippen LogP contribution is 2.19. The van der Waals surface area contributed by atoms with E-state index >= 15 is 0 Å². The zero-order valence-electron chi connectivity index (χ0n) is 15.5. The second-order valence-corrected chi connectivity index (χ2v) is 6.24. The van der Waals surface area contributed by atoms with Gasteiger partial charge in [-0.2, -0.15) is 5.26 Å². The summed E-state index contributed by atoms with van der Waals surface area (Å²) in [7, 11) is 0. The SMILES string of the molecule is N#CC(=Cc1cccn1-c1ccc([N+](=O)[O-])cc1)C(=O)NCCc1ccccc1. The van der Waals surface area contributed by atoms with Gasteiger partial charge in [0.15, 0.2) is 0 Å². The van der Waals surface area contributed by atoms with Crippen LogP contribution in [0, 0.1) is 21.4 Å².